The standard InChI is InChI=1S/C42H46O2/c1-3-5-7-9-11-19-29-21-17-27-35-37(29)41(43)33-25-15-13-23-31(33)39(35)40-32-24-14-16-26-34(32)42(44)38-30(22-18-28-36(38)40)20-12-10-8-6-4-2/h13-18,21-28,43-44H,3-12,19-20H2,1-2H3. The minimum Gasteiger partial charge on any atom is -0.507 e. The quantitative estimate of drug-likeness (QED) is 0.105. The van der Waals surface area contributed by atoms with Crippen molar-refractivity contribution in [3.05, 3.63) is 96.1 Å². The summed E-state index contributed by atoms with van der Waals surface area (Å²) in [5.74, 6) is 0.757. The van der Waals surface area contributed by atoms with Crippen molar-refractivity contribution >= 4 is 43.1 Å². The average Bonchev–Trinajstić information content (AvgIpc) is 3.06. The highest BCUT2D eigenvalue weighted by atomic mass is 16.3. The van der Waals surface area contributed by atoms with Crippen LogP contribution in [0.4, 0.5) is 0 Å². The molecule has 44 heavy (non-hydrogen) atoms. The third kappa shape index (κ3) is 5.63. The van der Waals surface area contributed by atoms with Crippen LogP contribution in [-0.2, 0) is 12.8 Å². The smallest absolute Gasteiger partial charge is 0.131 e. The molecule has 6 aromatic rings. The number of hydrogen-bond donors (Lipinski definition) is 2. The summed E-state index contributed by atoms with van der Waals surface area (Å²) in [7, 11) is 0. The van der Waals surface area contributed by atoms with Crippen molar-refractivity contribution in [1.29, 1.82) is 0 Å². The molecule has 2 N–H and O–H groups in total. The number of benzene rings is 6. The van der Waals surface area contributed by atoms with Crippen LogP contribution >= 0.6 is 0 Å². The van der Waals surface area contributed by atoms with E-state index in [1.54, 1.807) is 0 Å². The second-order valence-corrected chi connectivity index (χ2v) is 12.5. The van der Waals surface area contributed by atoms with E-state index in [1.165, 1.54) is 62.5 Å². The molecule has 0 heterocycles. The van der Waals surface area contributed by atoms with Gasteiger partial charge in [-0.25, -0.2) is 0 Å². The van der Waals surface area contributed by atoms with Crippen molar-refractivity contribution in [3.8, 4) is 22.6 Å². The van der Waals surface area contributed by atoms with Crippen LogP contribution in [0.3, 0.4) is 0 Å². The summed E-state index contributed by atoms with van der Waals surface area (Å²) in [4.78, 5) is 0. The lowest BCUT2D eigenvalue weighted by Gasteiger charge is -2.21. The Hall–Kier alpha value is -4.04. The molecule has 0 aliphatic carbocycles. The van der Waals surface area contributed by atoms with Crippen LogP contribution in [-0.4, -0.2) is 10.2 Å². The zero-order valence-corrected chi connectivity index (χ0v) is 26.5. The van der Waals surface area contributed by atoms with E-state index in [4.69, 9.17) is 0 Å². The molecule has 0 aromatic heterocycles. The molecule has 2 nitrogen and oxygen atoms in total. The molecule has 0 aliphatic rings. The van der Waals surface area contributed by atoms with Gasteiger partial charge in [-0.05, 0) is 69.5 Å². The van der Waals surface area contributed by atoms with Crippen LogP contribution in [0.25, 0.3) is 54.2 Å². The average molecular weight is 583 g/mol. The van der Waals surface area contributed by atoms with Gasteiger partial charge in [0.2, 0.25) is 0 Å². The molecule has 6 aromatic carbocycles. The van der Waals surface area contributed by atoms with E-state index >= 15 is 0 Å². The highest BCUT2D eigenvalue weighted by molar-refractivity contribution is 6.27. The molecule has 0 spiro atoms. The lowest BCUT2D eigenvalue weighted by atomic mass is 9.83. The van der Waals surface area contributed by atoms with Gasteiger partial charge >= 0.3 is 0 Å². The van der Waals surface area contributed by atoms with Gasteiger partial charge in [0.05, 0.1) is 0 Å². The number of aryl methyl sites for hydroxylation is 2. The minimum absolute atomic E-state index is 0.378. The number of unbranched alkanes of at least 4 members (excludes halogenated alkanes) is 8. The predicted octanol–water partition coefficient (Wildman–Crippen LogP) is 12.4. The largest absolute Gasteiger partial charge is 0.507 e. The van der Waals surface area contributed by atoms with E-state index in [1.807, 2.05) is 12.1 Å². The molecule has 6 rings (SSSR count). The van der Waals surface area contributed by atoms with Gasteiger partial charge in [-0.3, -0.25) is 0 Å². The number of aromatic hydroxyl groups is 2. The van der Waals surface area contributed by atoms with Crippen molar-refractivity contribution < 1.29 is 10.2 Å². The first kappa shape index (κ1) is 30.0. The molecule has 0 bridgehead atoms. The van der Waals surface area contributed by atoms with Crippen molar-refractivity contribution in [1.82, 2.24) is 0 Å². The van der Waals surface area contributed by atoms with Gasteiger partial charge < -0.3 is 10.2 Å². The summed E-state index contributed by atoms with van der Waals surface area (Å²) in [5.41, 5.74) is 4.71. The first-order valence-corrected chi connectivity index (χ1v) is 17.0. The maximum absolute atomic E-state index is 11.8. The number of fused-ring (bicyclic) bond motifs is 4. The lowest BCUT2D eigenvalue weighted by Crippen LogP contribution is -1.96. The Labute approximate surface area is 262 Å². The van der Waals surface area contributed by atoms with Gasteiger partial charge in [-0.2, -0.15) is 0 Å². The Morgan fingerprint density at radius 3 is 1.16 bits per heavy atom. The van der Waals surface area contributed by atoms with E-state index in [0.717, 1.165) is 79.9 Å². The molecule has 0 saturated heterocycles. The summed E-state index contributed by atoms with van der Waals surface area (Å²) in [5, 5.41) is 31.6. The maximum Gasteiger partial charge on any atom is 0.131 e. The number of phenols is 2. The van der Waals surface area contributed by atoms with Gasteiger partial charge in [0.25, 0.3) is 0 Å². The maximum atomic E-state index is 11.8. The van der Waals surface area contributed by atoms with Crippen molar-refractivity contribution in [2.45, 2.75) is 90.9 Å². The zero-order chi connectivity index (χ0) is 30.5. The van der Waals surface area contributed by atoms with Crippen LogP contribution in [0.2, 0.25) is 0 Å². The molecule has 0 amide bonds. The van der Waals surface area contributed by atoms with Crippen LogP contribution in [0.15, 0.2) is 84.9 Å². The van der Waals surface area contributed by atoms with E-state index < -0.39 is 0 Å². The fraction of sp³-hybridized carbons (Fsp3) is 0.333. The van der Waals surface area contributed by atoms with Crippen LogP contribution in [0.5, 0.6) is 11.5 Å². The highest BCUT2D eigenvalue weighted by Crippen LogP contribution is 2.50. The van der Waals surface area contributed by atoms with Gasteiger partial charge in [0.15, 0.2) is 0 Å². The molecule has 0 fully saturated rings. The summed E-state index contributed by atoms with van der Waals surface area (Å²) >= 11 is 0. The number of phenolic OH excluding ortho intramolecular Hbond substituents is 2. The molecule has 0 unspecified atom stereocenters. The van der Waals surface area contributed by atoms with Crippen LogP contribution in [0.1, 0.15) is 89.2 Å². The third-order valence-corrected chi connectivity index (χ3v) is 9.57. The topological polar surface area (TPSA) is 40.5 Å². The Bertz CT molecular complexity index is 1770. The second-order valence-electron chi connectivity index (χ2n) is 12.5. The zero-order valence-electron chi connectivity index (χ0n) is 26.5. The SMILES string of the molecule is CCCCCCCc1cccc2c(-c3c4ccccc4c(O)c4c(CCCCCCC)cccc34)c3ccccc3c(O)c12. The van der Waals surface area contributed by atoms with Crippen molar-refractivity contribution in [2.24, 2.45) is 0 Å². The van der Waals surface area contributed by atoms with E-state index in [2.05, 4.69) is 86.6 Å². The summed E-state index contributed by atoms with van der Waals surface area (Å²) in [6.07, 6.45) is 14.1. The highest BCUT2D eigenvalue weighted by Gasteiger charge is 2.23. The van der Waals surface area contributed by atoms with Gasteiger partial charge in [0, 0.05) is 21.5 Å². The molecule has 0 aliphatic heterocycles. The molecular weight excluding hydrogens is 536 g/mol. The number of rotatable bonds is 13. The molecule has 2 heteroatoms. The fourth-order valence-corrected chi connectivity index (χ4v) is 7.34. The Morgan fingerprint density at radius 2 is 0.750 bits per heavy atom. The van der Waals surface area contributed by atoms with Crippen molar-refractivity contribution in [3.63, 3.8) is 0 Å². The van der Waals surface area contributed by atoms with Gasteiger partial charge in [-0.15, -0.1) is 0 Å². The lowest BCUT2D eigenvalue weighted by molar-refractivity contribution is 0.486. The fourth-order valence-electron chi connectivity index (χ4n) is 7.34. The summed E-state index contributed by atoms with van der Waals surface area (Å²) < 4.78 is 0. The first-order valence-electron chi connectivity index (χ1n) is 17.0. The van der Waals surface area contributed by atoms with Gasteiger partial charge in [-0.1, -0.05) is 150 Å². The molecule has 0 saturated carbocycles. The van der Waals surface area contributed by atoms with Crippen molar-refractivity contribution in [2.75, 3.05) is 0 Å². The molecule has 0 radical (unpaired) electrons. The molecular formula is C42H46O2. The third-order valence-electron chi connectivity index (χ3n) is 9.57. The molecule has 226 valence electrons. The van der Waals surface area contributed by atoms with E-state index in [0.29, 0.717) is 11.5 Å². The minimum atomic E-state index is 0.378. The summed E-state index contributed by atoms with van der Waals surface area (Å²) in [6, 6.07) is 29.7. The van der Waals surface area contributed by atoms with Crippen LogP contribution in [0, 0.1) is 0 Å². The predicted molar refractivity (Wildman–Crippen MR) is 190 cm³/mol. The Balaban J connectivity index is 1.63. The summed E-state index contributed by atoms with van der Waals surface area (Å²) in [6.45, 7) is 4.51. The van der Waals surface area contributed by atoms with E-state index in [-0.39, 0.29) is 0 Å². The van der Waals surface area contributed by atoms with Crippen LogP contribution < -0.4 is 0 Å². The Kier molecular flexibility index (Phi) is 9.36. The van der Waals surface area contributed by atoms with E-state index in [9.17, 15) is 10.2 Å². The number of hydrogen-bond acceptors (Lipinski definition) is 2. The normalized spacial score (nSPS) is 11.8. The Morgan fingerprint density at radius 1 is 0.386 bits per heavy atom. The second kappa shape index (κ2) is 13.7. The monoisotopic (exact) mass is 582 g/mol. The first-order chi connectivity index (χ1) is 21.7. The molecule has 0 atom stereocenters. The van der Waals surface area contributed by atoms with Gasteiger partial charge in [0.1, 0.15) is 11.5 Å².